The second kappa shape index (κ2) is 5.46. The number of rotatable bonds is 3. The zero-order chi connectivity index (χ0) is 12.3. The highest BCUT2D eigenvalue weighted by Gasteiger charge is 2.19. The summed E-state index contributed by atoms with van der Waals surface area (Å²) >= 11 is 0. The molecule has 1 atom stereocenters. The highest BCUT2D eigenvalue weighted by Crippen LogP contribution is 2.30. The van der Waals surface area contributed by atoms with E-state index in [-0.39, 0.29) is 0 Å². The van der Waals surface area contributed by atoms with E-state index in [0.29, 0.717) is 6.04 Å². The van der Waals surface area contributed by atoms with Crippen LogP contribution in [0.2, 0.25) is 0 Å². The molecule has 1 N–H and O–H groups in total. The highest BCUT2D eigenvalue weighted by molar-refractivity contribution is 5.31. The molecule has 0 radical (unpaired) electrons. The Balaban J connectivity index is 2.31. The number of pyridine rings is 1. The molecule has 1 heterocycles. The summed E-state index contributed by atoms with van der Waals surface area (Å²) in [4.78, 5) is 4.62. The number of nitrogens with one attached hydrogen (secondary N) is 1. The van der Waals surface area contributed by atoms with Crippen molar-refractivity contribution in [3.05, 3.63) is 40.7 Å². The van der Waals surface area contributed by atoms with Gasteiger partial charge in [0.05, 0.1) is 11.7 Å². The lowest BCUT2D eigenvalue weighted by atomic mass is 9.90. The molecule has 2 heteroatoms. The van der Waals surface area contributed by atoms with Crippen LogP contribution in [0.4, 0.5) is 0 Å². The molecule has 2 rings (SSSR count). The Bertz CT molecular complexity index is 421. The third-order valence-electron chi connectivity index (χ3n) is 3.51. The lowest BCUT2D eigenvalue weighted by Gasteiger charge is -2.24. The van der Waals surface area contributed by atoms with Gasteiger partial charge in [-0.25, -0.2) is 0 Å². The summed E-state index contributed by atoms with van der Waals surface area (Å²) in [6.45, 7) is 4.25. The van der Waals surface area contributed by atoms with Crippen LogP contribution < -0.4 is 5.32 Å². The van der Waals surface area contributed by atoms with Crippen molar-refractivity contribution in [2.45, 2.75) is 45.6 Å². The normalized spacial score (nSPS) is 17.7. The first-order valence-corrected chi connectivity index (χ1v) is 6.51. The lowest BCUT2D eigenvalue weighted by molar-refractivity contribution is 0.580. The van der Waals surface area contributed by atoms with Crippen LogP contribution in [0, 0.1) is 13.8 Å². The second-order valence-corrected chi connectivity index (χ2v) is 4.96. The molecular weight excluding hydrogens is 208 g/mol. The average Bonchev–Trinajstić information content (AvgIpc) is 2.34. The van der Waals surface area contributed by atoms with E-state index < -0.39 is 0 Å². The van der Waals surface area contributed by atoms with Crippen LogP contribution >= 0.6 is 0 Å². The van der Waals surface area contributed by atoms with Crippen molar-refractivity contribution in [2.75, 3.05) is 7.05 Å². The molecule has 0 fully saturated rings. The van der Waals surface area contributed by atoms with Crippen LogP contribution in [0.3, 0.4) is 0 Å². The molecule has 2 nitrogen and oxygen atoms in total. The van der Waals surface area contributed by atoms with Gasteiger partial charge >= 0.3 is 0 Å². The Morgan fingerprint density at radius 2 is 2.12 bits per heavy atom. The zero-order valence-corrected chi connectivity index (χ0v) is 11.1. The number of hydrogen-bond acceptors (Lipinski definition) is 2. The Morgan fingerprint density at radius 3 is 2.71 bits per heavy atom. The van der Waals surface area contributed by atoms with E-state index in [4.69, 9.17) is 0 Å². The maximum Gasteiger partial charge on any atom is 0.0711 e. The average molecular weight is 230 g/mol. The Morgan fingerprint density at radius 1 is 1.29 bits per heavy atom. The minimum absolute atomic E-state index is 0.302. The van der Waals surface area contributed by atoms with Gasteiger partial charge in [-0.3, -0.25) is 4.98 Å². The third-order valence-corrected chi connectivity index (χ3v) is 3.51. The molecule has 92 valence electrons. The Labute approximate surface area is 104 Å². The molecule has 0 saturated carbocycles. The first-order chi connectivity index (χ1) is 8.22. The Hall–Kier alpha value is -1.15. The van der Waals surface area contributed by atoms with E-state index in [2.05, 4.69) is 36.3 Å². The van der Waals surface area contributed by atoms with Gasteiger partial charge in [-0.15, -0.1) is 0 Å². The van der Waals surface area contributed by atoms with Crippen molar-refractivity contribution >= 4 is 0 Å². The first-order valence-electron chi connectivity index (χ1n) is 6.51. The number of allylic oxidation sites excluding steroid dienone is 1. The first kappa shape index (κ1) is 12.3. The molecule has 1 aliphatic carbocycles. The van der Waals surface area contributed by atoms with Gasteiger partial charge in [0.2, 0.25) is 0 Å². The van der Waals surface area contributed by atoms with Gasteiger partial charge in [0.1, 0.15) is 0 Å². The number of aromatic nitrogens is 1. The molecule has 17 heavy (non-hydrogen) atoms. The maximum atomic E-state index is 4.62. The maximum absolute atomic E-state index is 4.62. The monoisotopic (exact) mass is 230 g/mol. The van der Waals surface area contributed by atoms with Crippen molar-refractivity contribution < 1.29 is 0 Å². The van der Waals surface area contributed by atoms with Gasteiger partial charge in [-0.05, 0) is 57.7 Å². The second-order valence-electron chi connectivity index (χ2n) is 4.96. The van der Waals surface area contributed by atoms with E-state index in [0.717, 1.165) is 0 Å². The topological polar surface area (TPSA) is 24.9 Å². The molecule has 1 aromatic heterocycles. The third kappa shape index (κ3) is 2.75. The fraction of sp³-hybridized carbons (Fsp3) is 0.533. The van der Waals surface area contributed by atoms with Crippen molar-refractivity contribution in [3.63, 3.8) is 0 Å². The molecule has 0 spiro atoms. The molecule has 0 aromatic carbocycles. The summed E-state index contributed by atoms with van der Waals surface area (Å²) in [5.74, 6) is 0. The van der Waals surface area contributed by atoms with Crippen molar-refractivity contribution in [1.29, 1.82) is 0 Å². The summed E-state index contributed by atoms with van der Waals surface area (Å²) in [5, 5.41) is 3.42. The standard InChI is InChI=1S/C15H22N2/c1-11-9-12(2)14(17-10-11)15(16-3)13-7-5-4-6-8-13/h7,9-10,15-16H,4-6,8H2,1-3H3. The Kier molecular flexibility index (Phi) is 3.95. The summed E-state index contributed by atoms with van der Waals surface area (Å²) in [6, 6.07) is 2.52. The smallest absolute Gasteiger partial charge is 0.0711 e. The fourth-order valence-electron chi connectivity index (χ4n) is 2.65. The van der Waals surface area contributed by atoms with Gasteiger partial charge in [0.15, 0.2) is 0 Å². The van der Waals surface area contributed by atoms with Crippen LogP contribution in [0.5, 0.6) is 0 Å². The number of nitrogens with zero attached hydrogens (tertiary/aromatic N) is 1. The predicted molar refractivity (Wildman–Crippen MR) is 72.1 cm³/mol. The van der Waals surface area contributed by atoms with Gasteiger partial charge in [-0.1, -0.05) is 17.7 Å². The van der Waals surface area contributed by atoms with Crippen LogP contribution in [0.25, 0.3) is 0 Å². The van der Waals surface area contributed by atoms with Crippen LogP contribution in [-0.4, -0.2) is 12.0 Å². The van der Waals surface area contributed by atoms with Crippen molar-refractivity contribution in [3.8, 4) is 0 Å². The summed E-state index contributed by atoms with van der Waals surface area (Å²) in [5.41, 5.74) is 5.22. The molecule has 0 amide bonds. The summed E-state index contributed by atoms with van der Waals surface area (Å²) in [7, 11) is 2.03. The number of likely N-dealkylation sites (N-methyl/N-ethyl adjacent to an activating group) is 1. The molecule has 0 saturated heterocycles. The summed E-state index contributed by atoms with van der Waals surface area (Å²) in [6.07, 6.45) is 9.44. The molecule has 0 aliphatic heterocycles. The largest absolute Gasteiger partial charge is 0.308 e. The molecule has 0 bridgehead atoms. The van der Waals surface area contributed by atoms with Crippen LogP contribution in [0.15, 0.2) is 23.9 Å². The number of hydrogen-bond donors (Lipinski definition) is 1. The van der Waals surface area contributed by atoms with E-state index in [1.165, 1.54) is 48.1 Å². The SMILES string of the molecule is CNC(C1=CCCCC1)c1ncc(C)cc1C. The fourth-order valence-corrected chi connectivity index (χ4v) is 2.65. The highest BCUT2D eigenvalue weighted by atomic mass is 14.9. The molecular formula is C15H22N2. The minimum Gasteiger partial charge on any atom is -0.308 e. The van der Waals surface area contributed by atoms with Gasteiger partial charge < -0.3 is 5.32 Å². The van der Waals surface area contributed by atoms with E-state index in [9.17, 15) is 0 Å². The predicted octanol–water partition coefficient (Wildman–Crippen LogP) is 3.46. The van der Waals surface area contributed by atoms with Gasteiger partial charge in [-0.2, -0.15) is 0 Å². The quantitative estimate of drug-likeness (QED) is 0.804. The van der Waals surface area contributed by atoms with E-state index >= 15 is 0 Å². The molecule has 1 aromatic rings. The lowest BCUT2D eigenvalue weighted by Crippen LogP contribution is -2.22. The summed E-state index contributed by atoms with van der Waals surface area (Å²) < 4.78 is 0. The van der Waals surface area contributed by atoms with Crippen LogP contribution in [0.1, 0.15) is 48.5 Å². The minimum atomic E-state index is 0.302. The molecule has 1 aliphatic rings. The number of aryl methyl sites for hydroxylation is 2. The van der Waals surface area contributed by atoms with Crippen LogP contribution in [-0.2, 0) is 0 Å². The zero-order valence-electron chi connectivity index (χ0n) is 11.1. The van der Waals surface area contributed by atoms with Crippen molar-refractivity contribution in [1.82, 2.24) is 10.3 Å². The van der Waals surface area contributed by atoms with Crippen molar-refractivity contribution in [2.24, 2.45) is 0 Å². The van der Waals surface area contributed by atoms with Gasteiger partial charge in [0, 0.05) is 6.20 Å². The molecule has 1 unspecified atom stereocenters. The van der Waals surface area contributed by atoms with E-state index in [1.807, 2.05) is 13.2 Å². The van der Waals surface area contributed by atoms with E-state index in [1.54, 1.807) is 0 Å². The van der Waals surface area contributed by atoms with Gasteiger partial charge in [0.25, 0.3) is 0 Å².